The molecule has 0 spiro atoms. The van der Waals surface area contributed by atoms with Crippen LogP contribution >= 0.6 is 15.9 Å². The normalized spacial score (nSPS) is 12.5. The number of nitrogens with zero attached hydrogens (tertiary/aromatic N) is 3. The highest BCUT2D eigenvalue weighted by atomic mass is 79.9. The van der Waals surface area contributed by atoms with Gasteiger partial charge in [-0.2, -0.15) is 0 Å². The number of aromatic nitrogens is 2. The summed E-state index contributed by atoms with van der Waals surface area (Å²) in [4.78, 5) is 10.9. The van der Waals surface area contributed by atoms with Gasteiger partial charge in [0.15, 0.2) is 0 Å². The molecule has 2 N–H and O–H groups in total. The zero-order chi connectivity index (χ0) is 15.0. The smallest absolute Gasteiger partial charge is 0.146 e. The van der Waals surface area contributed by atoms with E-state index in [9.17, 15) is 0 Å². The van der Waals surface area contributed by atoms with Crippen molar-refractivity contribution >= 4 is 27.6 Å². The van der Waals surface area contributed by atoms with Crippen LogP contribution in [0.4, 0.5) is 11.6 Å². The van der Waals surface area contributed by atoms with Crippen molar-refractivity contribution in [3.05, 3.63) is 10.8 Å². The van der Waals surface area contributed by atoms with Gasteiger partial charge in [-0.15, -0.1) is 0 Å². The van der Waals surface area contributed by atoms with Gasteiger partial charge in [-0.3, -0.25) is 0 Å². The molecular formula is C14H26BrN5. The minimum atomic E-state index is 0.390. The van der Waals surface area contributed by atoms with Crippen molar-refractivity contribution < 1.29 is 0 Å². The zero-order valence-electron chi connectivity index (χ0n) is 12.9. The summed E-state index contributed by atoms with van der Waals surface area (Å²) in [7, 11) is 1.85. The molecule has 0 aliphatic rings. The first kappa shape index (κ1) is 17.2. The molecule has 0 aliphatic carbocycles. The fraction of sp³-hybridized carbons (Fsp3) is 0.714. The molecule has 0 bridgehead atoms. The Morgan fingerprint density at radius 1 is 1.25 bits per heavy atom. The summed E-state index contributed by atoms with van der Waals surface area (Å²) in [5.41, 5.74) is 0. The fourth-order valence-electron chi connectivity index (χ4n) is 2.11. The highest BCUT2D eigenvalue weighted by Crippen LogP contribution is 2.26. The topological polar surface area (TPSA) is 53.1 Å². The lowest BCUT2D eigenvalue weighted by Gasteiger charge is -2.20. The molecule has 0 saturated heterocycles. The second kappa shape index (κ2) is 9.13. The summed E-state index contributed by atoms with van der Waals surface area (Å²) in [6.45, 7) is 10.0. The van der Waals surface area contributed by atoms with E-state index >= 15 is 0 Å². The molecule has 1 atom stereocenters. The third-order valence-corrected chi connectivity index (χ3v) is 4.17. The van der Waals surface area contributed by atoms with Crippen LogP contribution in [0.3, 0.4) is 0 Å². The molecule has 1 aromatic heterocycles. The Morgan fingerprint density at radius 2 is 1.90 bits per heavy atom. The van der Waals surface area contributed by atoms with Crippen LogP contribution in [0.25, 0.3) is 0 Å². The number of hydrogen-bond donors (Lipinski definition) is 2. The molecule has 1 aromatic rings. The summed E-state index contributed by atoms with van der Waals surface area (Å²) in [6, 6.07) is 0.390. The summed E-state index contributed by atoms with van der Waals surface area (Å²) in [5.74, 6) is 1.65. The Balaban J connectivity index is 2.44. The molecule has 114 valence electrons. The maximum atomic E-state index is 4.28. The maximum absolute atomic E-state index is 4.28. The van der Waals surface area contributed by atoms with Crippen LogP contribution in [-0.2, 0) is 0 Å². The predicted molar refractivity (Wildman–Crippen MR) is 89.4 cm³/mol. The van der Waals surface area contributed by atoms with Crippen LogP contribution in [-0.4, -0.2) is 47.6 Å². The van der Waals surface area contributed by atoms with Crippen molar-refractivity contribution in [2.75, 3.05) is 37.3 Å². The van der Waals surface area contributed by atoms with Gasteiger partial charge in [0, 0.05) is 13.1 Å². The Bertz CT molecular complexity index is 395. The Morgan fingerprint density at radius 3 is 2.50 bits per heavy atom. The molecule has 5 nitrogen and oxygen atoms in total. The summed E-state index contributed by atoms with van der Waals surface area (Å²) >= 11 is 3.53. The van der Waals surface area contributed by atoms with Gasteiger partial charge < -0.3 is 15.5 Å². The van der Waals surface area contributed by atoms with E-state index in [1.807, 2.05) is 7.05 Å². The minimum Gasteiger partial charge on any atom is -0.372 e. The molecule has 1 unspecified atom stereocenters. The van der Waals surface area contributed by atoms with Crippen molar-refractivity contribution in [2.45, 2.75) is 39.7 Å². The van der Waals surface area contributed by atoms with Crippen LogP contribution in [0.5, 0.6) is 0 Å². The van der Waals surface area contributed by atoms with Crippen LogP contribution in [0.15, 0.2) is 10.8 Å². The first-order valence-electron chi connectivity index (χ1n) is 7.29. The minimum absolute atomic E-state index is 0.390. The SMILES string of the molecule is CCN(CC)CCCC(C)Nc1ncnc(NC)c1Br. The van der Waals surface area contributed by atoms with Crippen molar-refractivity contribution in [2.24, 2.45) is 0 Å². The van der Waals surface area contributed by atoms with E-state index in [-0.39, 0.29) is 0 Å². The van der Waals surface area contributed by atoms with E-state index in [2.05, 4.69) is 62.2 Å². The lowest BCUT2D eigenvalue weighted by Crippen LogP contribution is -2.25. The molecule has 0 saturated carbocycles. The van der Waals surface area contributed by atoms with Crippen molar-refractivity contribution in [1.29, 1.82) is 0 Å². The molecule has 1 rings (SSSR count). The number of anilines is 2. The van der Waals surface area contributed by atoms with Gasteiger partial charge >= 0.3 is 0 Å². The maximum Gasteiger partial charge on any atom is 0.146 e. The van der Waals surface area contributed by atoms with Gasteiger partial charge in [0.2, 0.25) is 0 Å². The number of rotatable bonds is 9. The second-order valence-electron chi connectivity index (χ2n) is 4.85. The van der Waals surface area contributed by atoms with Crippen molar-refractivity contribution in [3.8, 4) is 0 Å². The standard InChI is InChI=1S/C14H26BrN5/c1-5-20(6-2)9-7-8-11(3)19-14-12(15)13(16-4)17-10-18-14/h10-11H,5-9H2,1-4H3,(H2,16,17,18,19). The van der Waals surface area contributed by atoms with Crippen LogP contribution in [0, 0.1) is 0 Å². The summed E-state index contributed by atoms with van der Waals surface area (Å²) in [5, 5.41) is 6.48. The van der Waals surface area contributed by atoms with Crippen molar-refractivity contribution in [3.63, 3.8) is 0 Å². The lowest BCUT2D eigenvalue weighted by atomic mass is 10.1. The molecule has 0 amide bonds. The lowest BCUT2D eigenvalue weighted by molar-refractivity contribution is 0.295. The Kier molecular flexibility index (Phi) is 7.84. The predicted octanol–water partition coefficient (Wildman–Crippen LogP) is 3.20. The third-order valence-electron chi connectivity index (χ3n) is 3.42. The van der Waals surface area contributed by atoms with Gasteiger partial charge in [0.05, 0.1) is 0 Å². The molecule has 0 fully saturated rings. The van der Waals surface area contributed by atoms with E-state index in [1.165, 1.54) is 6.42 Å². The van der Waals surface area contributed by atoms with Gasteiger partial charge in [-0.05, 0) is 55.3 Å². The summed E-state index contributed by atoms with van der Waals surface area (Å²) in [6.07, 6.45) is 3.89. The van der Waals surface area contributed by atoms with Gasteiger partial charge in [-0.1, -0.05) is 13.8 Å². The Hall–Kier alpha value is -0.880. The molecule has 20 heavy (non-hydrogen) atoms. The highest BCUT2D eigenvalue weighted by Gasteiger charge is 2.10. The molecule has 1 heterocycles. The molecule has 0 aromatic carbocycles. The largest absolute Gasteiger partial charge is 0.372 e. The monoisotopic (exact) mass is 343 g/mol. The van der Waals surface area contributed by atoms with Crippen LogP contribution in [0.1, 0.15) is 33.6 Å². The van der Waals surface area contributed by atoms with Crippen LogP contribution < -0.4 is 10.6 Å². The second-order valence-corrected chi connectivity index (χ2v) is 5.64. The molecular weight excluding hydrogens is 318 g/mol. The van der Waals surface area contributed by atoms with Gasteiger partial charge in [0.25, 0.3) is 0 Å². The molecule has 6 heteroatoms. The van der Waals surface area contributed by atoms with Gasteiger partial charge in [0.1, 0.15) is 22.4 Å². The fourth-order valence-corrected chi connectivity index (χ4v) is 2.63. The number of hydrogen-bond acceptors (Lipinski definition) is 5. The average Bonchev–Trinajstić information content (AvgIpc) is 2.46. The zero-order valence-corrected chi connectivity index (χ0v) is 14.5. The summed E-state index contributed by atoms with van der Waals surface area (Å²) < 4.78 is 0.887. The Labute approximate surface area is 130 Å². The first-order valence-corrected chi connectivity index (χ1v) is 8.08. The van der Waals surface area contributed by atoms with E-state index in [0.29, 0.717) is 6.04 Å². The quantitative estimate of drug-likeness (QED) is 0.721. The van der Waals surface area contributed by atoms with Gasteiger partial charge in [-0.25, -0.2) is 9.97 Å². The van der Waals surface area contributed by atoms with E-state index in [1.54, 1.807) is 6.33 Å². The van der Waals surface area contributed by atoms with Crippen molar-refractivity contribution in [1.82, 2.24) is 14.9 Å². The average molecular weight is 344 g/mol. The number of nitrogens with one attached hydrogen (secondary N) is 2. The third kappa shape index (κ3) is 5.25. The van der Waals surface area contributed by atoms with E-state index < -0.39 is 0 Å². The first-order chi connectivity index (χ1) is 9.62. The van der Waals surface area contributed by atoms with E-state index in [0.717, 1.165) is 42.2 Å². The van der Waals surface area contributed by atoms with E-state index in [4.69, 9.17) is 0 Å². The molecule has 0 radical (unpaired) electrons. The van der Waals surface area contributed by atoms with Crippen LogP contribution in [0.2, 0.25) is 0 Å². The highest BCUT2D eigenvalue weighted by molar-refractivity contribution is 9.10. The number of halogens is 1. The molecule has 0 aliphatic heterocycles.